The Morgan fingerprint density at radius 2 is 1.70 bits per heavy atom. The van der Waals surface area contributed by atoms with E-state index in [4.69, 9.17) is 9.15 Å². The summed E-state index contributed by atoms with van der Waals surface area (Å²) < 4.78 is 12.6. The average Bonchev–Trinajstić information content (AvgIpc) is 3.21. The second-order valence-corrected chi connectivity index (χ2v) is 7.47. The van der Waals surface area contributed by atoms with E-state index in [0.29, 0.717) is 23.8 Å². The highest BCUT2D eigenvalue weighted by Crippen LogP contribution is 2.31. The summed E-state index contributed by atoms with van der Waals surface area (Å²) in [6, 6.07) is 29.2. The smallest absolute Gasteiger partial charge is 0.237 e. The molecular formula is C25H17BrN2O2. The van der Waals surface area contributed by atoms with Gasteiger partial charge in [-0.3, -0.25) is 0 Å². The van der Waals surface area contributed by atoms with Crippen molar-refractivity contribution < 1.29 is 9.15 Å². The molecule has 0 radical (unpaired) electrons. The molecule has 4 nitrogen and oxygen atoms in total. The van der Waals surface area contributed by atoms with Crippen LogP contribution >= 0.6 is 15.9 Å². The van der Waals surface area contributed by atoms with Gasteiger partial charge in [0.05, 0.1) is 0 Å². The van der Waals surface area contributed by atoms with Crippen LogP contribution in [0.3, 0.4) is 0 Å². The minimum absolute atomic E-state index is 0.292. The molecule has 0 fully saturated rings. The zero-order valence-electron chi connectivity index (χ0n) is 16.0. The van der Waals surface area contributed by atoms with Crippen molar-refractivity contribution in [1.82, 2.24) is 0 Å². The quantitative estimate of drug-likeness (QED) is 0.296. The maximum Gasteiger partial charge on any atom is 0.237 e. The first-order valence-electron chi connectivity index (χ1n) is 9.32. The number of hydrogen-bond acceptors (Lipinski definition) is 4. The largest absolute Gasteiger partial charge is 0.489 e. The van der Waals surface area contributed by atoms with Crippen molar-refractivity contribution in [3.63, 3.8) is 0 Å². The van der Waals surface area contributed by atoms with E-state index in [9.17, 15) is 5.26 Å². The molecule has 5 heteroatoms. The highest BCUT2D eigenvalue weighted by Gasteiger charge is 2.11. The lowest BCUT2D eigenvalue weighted by Gasteiger charge is -2.06. The molecule has 0 spiro atoms. The maximum absolute atomic E-state index is 9.40. The summed E-state index contributed by atoms with van der Waals surface area (Å²) in [5.74, 6) is 1.68. The van der Waals surface area contributed by atoms with Gasteiger partial charge in [0.25, 0.3) is 0 Å². The molecule has 4 aromatic rings. The lowest BCUT2D eigenvalue weighted by Crippen LogP contribution is -1.94. The average molecular weight is 457 g/mol. The molecule has 30 heavy (non-hydrogen) atoms. The summed E-state index contributed by atoms with van der Waals surface area (Å²) in [5.41, 5.74) is 3.28. The van der Waals surface area contributed by atoms with Crippen LogP contribution in [0.1, 0.15) is 16.7 Å². The first kappa shape index (κ1) is 19.7. The maximum atomic E-state index is 9.40. The second kappa shape index (κ2) is 9.25. The fourth-order valence-electron chi connectivity index (χ4n) is 2.84. The van der Waals surface area contributed by atoms with Gasteiger partial charge >= 0.3 is 0 Å². The van der Waals surface area contributed by atoms with E-state index in [1.54, 1.807) is 12.3 Å². The highest BCUT2D eigenvalue weighted by atomic mass is 79.9. The summed E-state index contributed by atoms with van der Waals surface area (Å²) in [6.07, 6.45) is 1.67. The van der Waals surface area contributed by atoms with Crippen molar-refractivity contribution in [2.75, 3.05) is 0 Å². The van der Waals surface area contributed by atoms with Crippen LogP contribution in [0.4, 0.5) is 5.88 Å². The van der Waals surface area contributed by atoms with Gasteiger partial charge < -0.3 is 9.15 Å². The second-order valence-electron chi connectivity index (χ2n) is 6.55. The summed E-state index contributed by atoms with van der Waals surface area (Å²) in [6.45, 7) is 0.519. The first-order valence-corrected chi connectivity index (χ1v) is 10.1. The number of furan rings is 1. The van der Waals surface area contributed by atoms with E-state index in [0.717, 1.165) is 26.9 Å². The van der Waals surface area contributed by atoms with Gasteiger partial charge in [-0.25, -0.2) is 4.99 Å². The molecule has 0 N–H and O–H groups in total. The molecule has 0 aliphatic carbocycles. The van der Waals surface area contributed by atoms with E-state index in [1.165, 1.54) is 0 Å². The zero-order valence-corrected chi connectivity index (χ0v) is 17.5. The molecule has 0 saturated carbocycles. The van der Waals surface area contributed by atoms with Crippen molar-refractivity contribution in [1.29, 1.82) is 5.26 Å². The SMILES string of the molecule is N#Cc1cc(-c2ccc(Br)cc2)oc1/N=C/c1ccc(OCc2ccccc2)cc1. The third kappa shape index (κ3) is 4.86. The molecule has 1 aromatic heterocycles. The standard InChI is InChI=1S/C25H17BrN2O2/c26-22-10-8-20(9-11-22)24-14-21(15-27)25(30-24)28-16-18-6-12-23(13-7-18)29-17-19-4-2-1-3-5-19/h1-14,16H,17H2/b28-16+. The van der Waals surface area contributed by atoms with Crippen LogP contribution in [-0.2, 0) is 6.61 Å². The molecule has 0 unspecified atom stereocenters. The minimum atomic E-state index is 0.292. The van der Waals surface area contributed by atoms with Crippen LogP contribution in [0.2, 0.25) is 0 Å². The summed E-state index contributed by atoms with van der Waals surface area (Å²) >= 11 is 3.41. The Morgan fingerprint density at radius 3 is 2.40 bits per heavy atom. The van der Waals surface area contributed by atoms with E-state index >= 15 is 0 Å². The predicted octanol–water partition coefficient (Wildman–Crippen LogP) is 6.91. The summed E-state index contributed by atoms with van der Waals surface area (Å²) in [7, 11) is 0. The van der Waals surface area contributed by atoms with Gasteiger partial charge in [-0.15, -0.1) is 0 Å². The zero-order chi connectivity index (χ0) is 20.8. The first-order chi connectivity index (χ1) is 14.7. The van der Waals surface area contributed by atoms with Crippen LogP contribution in [-0.4, -0.2) is 6.21 Å². The van der Waals surface area contributed by atoms with Gasteiger partial charge in [-0.2, -0.15) is 5.26 Å². The van der Waals surface area contributed by atoms with Crippen molar-refractivity contribution in [3.05, 3.63) is 106 Å². The Kier molecular flexibility index (Phi) is 6.07. The number of hydrogen-bond donors (Lipinski definition) is 0. The highest BCUT2D eigenvalue weighted by molar-refractivity contribution is 9.10. The van der Waals surface area contributed by atoms with Gasteiger partial charge in [0.1, 0.15) is 29.7 Å². The molecule has 0 saturated heterocycles. The number of nitriles is 1. The Hall–Kier alpha value is -3.62. The van der Waals surface area contributed by atoms with Gasteiger partial charge in [-0.05, 0) is 47.5 Å². The Balaban J connectivity index is 1.45. The Labute approximate surface area is 183 Å². The molecule has 0 aliphatic rings. The van der Waals surface area contributed by atoms with Crippen LogP contribution in [0.5, 0.6) is 5.75 Å². The molecule has 1 heterocycles. The van der Waals surface area contributed by atoms with E-state index in [1.807, 2.05) is 78.9 Å². The fraction of sp³-hybridized carbons (Fsp3) is 0.0400. The Bertz CT molecular complexity index is 1190. The summed E-state index contributed by atoms with van der Waals surface area (Å²) in [4.78, 5) is 4.37. The summed E-state index contributed by atoms with van der Waals surface area (Å²) in [5, 5.41) is 9.40. The number of ether oxygens (including phenoxy) is 1. The van der Waals surface area contributed by atoms with E-state index in [-0.39, 0.29) is 0 Å². The minimum Gasteiger partial charge on any atom is -0.489 e. The normalized spacial score (nSPS) is 10.8. The van der Waals surface area contributed by atoms with Gasteiger partial charge in [0.2, 0.25) is 5.88 Å². The lowest BCUT2D eigenvalue weighted by molar-refractivity contribution is 0.306. The van der Waals surface area contributed by atoms with Crippen LogP contribution < -0.4 is 4.74 Å². The molecular weight excluding hydrogens is 440 g/mol. The van der Waals surface area contributed by atoms with E-state index in [2.05, 4.69) is 27.0 Å². The van der Waals surface area contributed by atoms with Crippen LogP contribution in [0.15, 0.2) is 98.8 Å². The van der Waals surface area contributed by atoms with Gasteiger partial charge in [-0.1, -0.05) is 58.4 Å². The number of aliphatic imine (C=N–C) groups is 1. The number of halogens is 1. The lowest BCUT2D eigenvalue weighted by atomic mass is 10.1. The van der Waals surface area contributed by atoms with Gasteiger partial charge in [0.15, 0.2) is 0 Å². The van der Waals surface area contributed by atoms with Crippen molar-refractivity contribution in [2.24, 2.45) is 4.99 Å². The van der Waals surface area contributed by atoms with E-state index < -0.39 is 0 Å². The monoisotopic (exact) mass is 456 g/mol. The topological polar surface area (TPSA) is 58.5 Å². The van der Waals surface area contributed by atoms with Crippen molar-refractivity contribution in [3.8, 4) is 23.1 Å². The van der Waals surface area contributed by atoms with Crippen LogP contribution in [0.25, 0.3) is 11.3 Å². The number of rotatable bonds is 6. The molecule has 0 amide bonds. The van der Waals surface area contributed by atoms with Crippen molar-refractivity contribution >= 4 is 28.0 Å². The van der Waals surface area contributed by atoms with Gasteiger partial charge in [0, 0.05) is 22.3 Å². The molecule has 3 aromatic carbocycles. The fourth-order valence-corrected chi connectivity index (χ4v) is 3.10. The molecule has 0 bridgehead atoms. The number of nitrogens with zero attached hydrogens (tertiary/aromatic N) is 2. The molecule has 0 aliphatic heterocycles. The third-order valence-corrected chi connectivity index (χ3v) is 4.95. The molecule has 4 rings (SSSR count). The molecule has 146 valence electrons. The van der Waals surface area contributed by atoms with Crippen LogP contribution in [0, 0.1) is 11.3 Å². The molecule has 0 atom stereocenters. The Morgan fingerprint density at radius 1 is 0.967 bits per heavy atom. The number of benzene rings is 3. The third-order valence-electron chi connectivity index (χ3n) is 4.42. The van der Waals surface area contributed by atoms with Crippen molar-refractivity contribution in [2.45, 2.75) is 6.61 Å². The predicted molar refractivity (Wildman–Crippen MR) is 121 cm³/mol.